The zero-order chi connectivity index (χ0) is 12.4. The maximum Gasteiger partial charge on any atom is 0.157 e. The first-order chi connectivity index (χ1) is 8.77. The van der Waals surface area contributed by atoms with Crippen molar-refractivity contribution in [2.24, 2.45) is 4.99 Å². The Bertz CT molecular complexity index is 424. The fraction of sp³-hybridized carbons (Fsp3) is 0.615. The van der Waals surface area contributed by atoms with Gasteiger partial charge in [0.25, 0.3) is 0 Å². The highest BCUT2D eigenvalue weighted by Gasteiger charge is 2.38. The van der Waals surface area contributed by atoms with Crippen LogP contribution in [0.2, 0.25) is 0 Å². The maximum absolute atomic E-state index is 5.43. The quantitative estimate of drug-likeness (QED) is 0.893. The predicted molar refractivity (Wildman–Crippen MR) is 72.9 cm³/mol. The number of nitrogens with zero attached hydrogens (tertiary/aromatic N) is 1. The van der Waals surface area contributed by atoms with Crippen LogP contribution in [0.3, 0.4) is 0 Å². The van der Waals surface area contributed by atoms with Crippen molar-refractivity contribution in [3.05, 3.63) is 24.2 Å². The predicted octanol–water partition coefficient (Wildman–Crippen LogP) is 2.58. The average molecular weight is 266 g/mol. The summed E-state index contributed by atoms with van der Waals surface area (Å²) < 4.78 is 10.8. The molecule has 4 nitrogen and oxygen atoms in total. The lowest BCUT2D eigenvalue weighted by Crippen LogP contribution is -2.48. The second-order valence-electron chi connectivity index (χ2n) is 4.93. The Labute approximate surface area is 111 Å². The molecule has 2 fully saturated rings. The molecule has 0 radical (unpaired) electrons. The molecule has 2 saturated heterocycles. The Hall–Kier alpha value is -0.940. The van der Waals surface area contributed by atoms with Crippen LogP contribution in [0.1, 0.15) is 31.6 Å². The number of thioether (sulfide) groups is 1. The molecule has 1 aromatic rings. The van der Waals surface area contributed by atoms with E-state index >= 15 is 0 Å². The Morgan fingerprint density at radius 2 is 2.28 bits per heavy atom. The van der Waals surface area contributed by atoms with Crippen LogP contribution < -0.4 is 5.32 Å². The van der Waals surface area contributed by atoms with Crippen LogP contribution in [-0.2, 0) is 4.74 Å². The van der Waals surface area contributed by atoms with Crippen molar-refractivity contribution < 1.29 is 9.15 Å². The largest absolute Gasteiger partial charge is 0.467 e. The van der Waals surface area contributed by atoms with Crippen molar-refractivity contribution in [1.82, 2.24) is 5.32 Å². The summed E-state index contributed by atoms with van der Waals surface area (Å²) in [6.07, 6.45) is 3.85. The van der Waals surface area contributed by atoms with Gasteiger partial charge >= 0.3 is 0 Å². The molecule has 1 N–H and O–H groups in total. The van der Waals surface area contributed by atoms with Gasteiger partial charge in [-0.25, -0.2) is 0 Å². The molecular weight excluding hydrogens is 248 g/mol. The van der Waals surface area contributed by atoms with Crippen LogP contribution >= 0.6 is 11.8 Å². The van der Waals surface area contributed by atoms with Gasteiger partial charge in [-0.2, -0.15) is 0 Å². The molecule has 3 heterocycles. The Kier molecular flexibility index (Phi) is 3.35. The number of hydrogen-bond acceptors (Lipinski definition) is 4. The minimum atomic E-state index is 0.0741. The summed E-state index contributed by atoms with van der Waals surface area (Å²) >= 11 is 1.82. The van der Waals surface area contributed by atoms with Gasteiger partial charge < -0.3 is 14.5 Å². The zero-order valence-electron chi connectivity index (χ0n) is 10.5. The first-order valence-corrected chi connectivity index (χ1v) is 7.36. The topological polar surface area (TPSA) is 46.8 Å². The molecule has 1 aromatic heterocycles. The first kappa shape index (κ1) is 12.1. The summed E-state index contributed by atoms with van der Waals surface area (Å²) in [5.41, 5.74) is 0.213. The van der Waals surface area contributed by atoms with Crippen molar-refractivity contribution >= 4 is 16.9 Å². The molecule has 98 valence electrons. The van der Waals surface area contributed by atoms with Crippen LogP contribution in [0.4, 0.5) is 0 Å². The summed E-state index contributed by atoms with van der Waals surface area (Å²) in [7, 11) is 0. The standard InChI is InChI=1S/C13H18N2O2S/c1-10(11-3-2-6-17-11)14-12-15-13(9-18-12)4-7-16-8-5-13/h2-3,6,10H,4-5,7-9H2,1H3,(H,14,15). The third-order valence-electron chi connectivity index (χ3n) is 3.57. The van der Waals surface area contributed by atoms with Gasteiger partial charge in [0, 0.05) is 19.0 Å². The fourth-order valence-corrected chi connectivity index (χ4v) is 3.67. The summed E-state index contributed by atoms with van der Waals surface area (Å²) in [4.78, 5) is 4.70. The van der Waals surface area contributed by atoms with Gasteiger partial charge in [0.05, 0.1) is 11.8 Å². The molecule has 1 unspecified atom stereocenters. The van der Waals surface area contributed by atoms with Crippen LogP contribution in [0.15, 0.2) is 27.8 Å². The number of amidine groups is 1. The van der Waals surface area contributed by atoms with E-state index in [2.05, 4.69) is 12.2 Å². The molecule has 0 aromatic carbocycles. The van der Waals surface area contributed by atoms with Crippen molar-refractivity contribution in [2.75, 3.05) is 19.0 Å². The smallest absolute Gasteiger partial charge is 0.157 e. The lowest BCUT2D eigenvalue weighted by atomic mass is 9.93. The fourth-order valence-electron chi connectivity index (χ4n) is 2.38. The molecule has 0 bridgehead atoms. The van der Waals surface area contributed by atoms with Gasteiger partial charge in [0.15, 0.2) is 5.17 Å². The van der Waals surface area contributed by atoms with E-state index in [-0.39, 0.29) is 11.6 Å². The average Bonchev–Trinajstić information content (AvgIpc) is 3.01. The van der Waals surface area contributed by atoms with E-state index in [0.717, 1.165) is 42.7 Å². The number of furan rings is 1. The molecule has 0 aliphatic carbocycles. The summed E-state index contributed by atoms with van der Waals surface area (Å²) in [5, 5.41) is 4.63. The molecule has 18 heavy (non-hydrogen) atoms. The monoisotopic (exact) mass is 266 g/mol. The number of aliphatic imine (C=N–C) groups is 1. The Balaban J connectivity index is 1.67. The SMILES string of the molecule is CC(N=C1NC2(CCOCC2)CS1)c1ccco1. The van der Waals surface area contributed by atoms with Gasteiger partial charge in [-0.3, -0.25) is 4.99 Å². The summed E-state index contributed by atoms with van der Waals surface area (Å²) in [6, 6.07) is 3.95. The van der Waals surface area contributed by atoms with Gasteiger partial charge in [-0.05, 0) is 31.9 Å². The summed E-state index contributed by atoms with van der Waals surface area (Å²) in [5.74, 6) is 2.01. The van der Waals surface area contributed by atoms with E-state index in [1.54, 1.807) is 6.26 Å². The molecule has 5 heteroatoms. The van der Waals surface area contributed by atoms with Crippen molar-refractivity contribution in [1.29, 1.82) is 0 Å². The maximum atomic E-state index is 5.43. The van der Waals surface area contributed by atoms with E-state index < -0.39 is 0 Å². The molecule has 3 rings (SSSR count). The van der Waals surface area contributed by atoms with Crippen LogP contribution in [0, 0.1) is 0 Å². The first-order valence-electron chi connectivity index (χ1n) is 6.37. The van der Waals surface area contributed by atoms with Crippen molar-refractivity contribution in [3.63, 3.8) is 0 Å². The van der Waals surface area contributed by atoms with Gasteiger partial charge in [-0.15, -0.1) is 0 Å². The number of ether oxygens (including phenoxy) is 1. The number of rotatable bonds is 2. The summed E-state index contributed by atoms with van der Waals surface area (Å²) in [6.45, 7) is 3.77. The van der Waals surface area contributed by atoms with Crippen molar-refractivity contribution in [2.45, 2.75) is 31.3 Å². The molecular formula is C13H18N2O2S. The Morgan fingerprint density at radius 3 is 3.00 bits per heavy atom. The van der Waals surface area contributed by atoms with E-state index in [4.69, 9.17) is 14.1 Å². The van der Waals surface area contributed by atoms with Crippen LogP contribution in [0.5, 0.6) is 0 Å². The van der Waals surface area contributed by atoms with E-state index in [9.17, 15) is 0 Å². The highest BCUT2D eigenvalue weighted by atomic mass is 32.2. The molecule has 0 saturated carbocycles. The lowest BCUT2D eigenvalue weighted by Gasteiger charge is -2.32. The third kappa shape index (κ3) is 2.42. The van der Waals surface area contributed by atoms with E-state index in [1.165, 1.54) is 0 Å². The number of hydrogen-bond donors (Lipinski definition) is 1. The zero-order valence-corrected chi connectivity index (χ0v) is 11.3. The highest BCUT2D eigenvalue weighted by molar-refractivity contribution is 8.14. The second kappa shape index (κ2) is 4.97. The lowest BCUT2D eigenvalue weighted by molar-refractivity contribution is 0.0555. The van der Waals surface area contributed by atoms with E-state index in [1.807, 2.05) is 23.9 Å². The van der Waals surface area contributed by atoms with Crippen LogP contribution in [0.25, 0.3) is 0 Å². The second-order valence-corrected chi connectivity index (χ2v) is 5.90. The van der Waals surface area contributed by atoms with Gasteiger partial charge in [0.2, 0.25) is 0 Å². The molecule has 2 aliphatic rings. The Morgan fingerprint density at radius 1 is 1.44 bits per heavy atom. The third-order valence-corrected chi connectivity index (χ3v) is 4.75. The normalized spacial score (nSPS) is 26.4. The minimum Gasteiger partial charge on any atom is -0.467 e. The van der Waals surface area contributed by atoms with Gasteiger partial charge in [-0.1, -0.05) is 11.8 Å². The molecule has 0 amide bonds. The van der Waals surface area contributed by atoms with E-state index in [0.29, 0.717) is 0 Å². The van der Waals surface area contributed by atoms with Crippen LogP contribution in [-0.4, -0.2) is 29.7 Å². The van der Waals surface area contributed by atoms with Crippen molar-refractivity contribution in [3.8, 4) is 0 Å². The molecule has 2 aliphatic heterocycles. The number of nitrogens with one attached hydrogen (secondary N) is 1. The minimum absolute atomic E-state index is 0.0741. The van der Waals surface area contributed by atoms with Gasteiger partial charge in [0.1, 0.15) is 11.8 Å². The molecule has 1 atom stereocenters. The molecule has 1 spiro atoms. The highest BCUT2D eigenvalue weighted by Crippen LogP contribution is 2.33.